The second-order valence-corrected chi connectivity index (χ2v) is 5.92. The molecule has 2 aromatic rings. The number of carbonyl (C=O) groups excluding carboxylic acids is 1. The van der Waals surface area contributed by atoms with Crippen molar-refractivity contribution in [2.45, 2.75) is 25.7 Å². The predicted molar refractivity (Wildman–Crippen MR) is 79.9 cm³/mol. The summed E-state index contributed by atoms with van der Waals surface area (Å²) in [7, 11) is 0. The van der Waals surface area contributed by atoms with Gasteiger partial charge in [0.25, 0.3) is 11.6 Å². The monoisotopic (exact) mass is 303 g/mol. The molecule has 1 aromatic carbocycles. The van der Waals surface area contributed by atoms with E-state index in [1.165, 1.54) is 17.4 Å². The lowest BCUT2D eigenvalue weighted by molar-refractivity contribution is -0.385. The number of nitrogens with one attached hydrogen (secondary N) is 1. The normalized spacial score (nSPS) is 14.0. The van der Waals surface area contributed by atoms with Crippen molar-refractivity contribution in [1.29, 1.82) is 0 Å². The van der Waals surface area contributed by atoms with Gasteiger partial charge in [-0.15, -0.1) is 11.3 Å². The van der Waals surface area contributed by atoms with Crippen LogP contribution in [0.15, 0.2) is 23.6 Å². The van der Waals surface area contributed by atoms with Crippen molar-refractivity contribution in [3.05, 3.63) is 50.5 Å². The fourth-order valence-corrected chi connectivity index (χ4v) is 2.81. The Labute approximate surface area is 125 Å². The molecular weight excluding hydrogens is 290 g/mol. The van der Waals surface area contributed by atoms with Crippen LogP contribution in [0.3, 0.4) is 0 Å². The zero-order valence-electron chi connectivity index (χ0n) is 11.3. The third kappa shape index (κ3) is 2.92. The Hall–Kier alpha value is -2.28. The summed E-state index contributed by atoms with van der Waals surface area (Å²) in [6.07, 6.45) is 2.31. The van der Waals surface area contributed by atoms with Gasteiger partial charge in [0.1, 0.15) is 0 Å². The number of hydrogen-bond donors (Lipinski definition) is 1. The highest BCUT2D eigenvalue weighted by Gasteiger charge is 2.26. The molecule has 1 fully saturated rings. The van der Waals surface area contributed by atoms with Gasteiger partial charge in [-0.05, 0) is 25.8 Å². The van der Waals surface area contributed by atoms with Gasteiger partial charge in [-0.3, -0.25) is 20.2 Å². The fourth-order valence-electron chi connectivity index (χ4n) is 2.03. The summed E-state index contributed by atoms with van der Waals surface area (Å²) in [5, 5.41) is 16.1. The molecule has 0 saturated heterocycles. The summed E-state index contributed by atoms with van der Waals surface area (Å²) in [4.78, 5) is 26.9. The minimum atomic E-state index is -0.485. The third-order valence-corrected chi connectivity index (χ3v) is 4.18. The van der Waals surface area contributed by atoms with E-state index in [1.54, 1.807) is 19.1 Å². The second-order valence-electron chi connectivity index (χ2n) is 5.06. The van der Waals surface area contributed by atoms with E-state index in [0.29, 0.717) is 16.6 Å². The molecule has 1 aliphatic carbocycles. The number of nitro groups is 1. The molecule has 108 valence electrons. The molecule has 1 aromatic heterocycles. The van der Waals surface area contributed by atoms with E-state index in [4.69, 9.17) is 0 Å². The molecule has 1 amide bonds. The molecule has 7 heteroatoms. The molecule has 0 aliphatic heterocycles. The average molecular weight is 303 g/mol. The van der Waals surface area contributed by atoms with Crippen molar-refractivity contribution in [1.82, 2.24) is 4.98 Å². The van der Waals surface area contributed by atoms with Crippen LogP contribution in [0.25, 0.3) is 0 Å². The quantitative estimate of drug-likeness (QED) is 0.692. The van der Waals surface area contributed by atoms with Crippen molar-refractivity contribution >= 4 is 28.1 Å². The molecule has 1 saturated carbocycles. The smallest absolute Gasteiger partial charge is 0.273 e. The molecule has 0 atom stereocenters. The topological polar surface area (TPSA) is 85.1 Å². The van der Waals surface area contributed by atoms with Gasteiger partial charge in [-0.25, -0.2) is 4.98 Å². The van der Waals surface area contributed by atoms with Crippen LogP contribution in [-0.2, 0) is 0 Å². The minimum Gasteiger partial charge on any atom is -0.298 e. The van der Waals surface area contributed by atoms with Crippen molar-refractivity contribution in [2.75, 3.05) is 5.32 Å². The first-order valence-electron chi connectivity index (χ1n) is 6.56. The van der Waals surface area contributed by atoms with E-state index in [2.05, 4.69) is 10.3 Å². The van der Waals surface area contributed by atoms with Gasteiger partial charge in [0.15, 0.2) is 5.13 Å². The maximum absolute atomic E-state index is 12.1. The van der Waals surface area contributed by atoms with Gasteiger partial charge in [-0.1, -0.05) is 6.07 Å². The molecule has 0 unspecified atom stereocenters. The number of carbonyl (C=O) groups is 1. The first kappa shape index (κ1) is 13.7. The lowest BCUT2D eigenvalue weighted by Gasteiger charge is -2.03. The Morgan fingerprint density at radius 2 is 2.24 bits per heavy atom. The standard InChI is InChI=1S/C14H13N3O3S/c1-8-2-3-10(6-12(8)17(19)20)13(18)16-14-15-11(7-21-14)9-4-5-9/h2-3,6-7,9H,4-5H2,1H3,(H,15,16,18). The van der Waals surface area contributed by atoms with Crippen molar-refractivity contribution < 1.29 is 9.72 Å². The Kier molecular flexibility index (Phi) is 3.42. The second kappa shape index (κ2) is 5.25. The number of nitro benzene ring substituents is 1. The zero-order chi connectivity index (χ0) is 15.0. The Morgan fingerprint density at radius 1 is 1.48 bits per heavy atom. The van der Waals surface area contributed by atoms with Crippen molar-refractivity contribution in [3.8, 4) is 0 Å². The number of hydrogen-bond acceptors (Lipinski definition) is 5. The minimum absolute atomic E-state index is 0.0551. The van der Waals surface area contributed by atoms with Crippen LogP contribution in [0.5, 0.6) is 0 Å². The highest BCUT2D eigenvalue weighted by atomic mass is 32.1. The molecule has 21 heavy (non-hydrogen) atoms. The number of aromatic nitrogens is 1. The SMILES string of the molecule is Cc1ccc(C(=O)Nc2nc(C3CC3)cs2)cc1[N+](=O)[O-]. The lowest BCUT2D eigenvalue weighted by Crippen LogP contribution is -2.12. The molecule has 1 aliphatic rings. The summed E-state index contributed by atoms with van der Waals surface area (Å²) < 4.78 is 0. The van der Waals surface area contributed by atoms with Crippen LogP contribution in [0.4, 0.5) is 10.8 Å². The largest absolute Gasteiger partial charge is 0.298 e. The summed E-state index contributed by atoms with van der Waals surface area (Å²) in [5.41, 5.74) is 1.75. The van der Waals surface area contributed by atoms with E-state index in [-0.39, 0.29) is 17.2 Å². The van der Waals surface area contributed by atoms with Gasteiger partial charge in [0.2, 0.25) is 0 Å². The Bertz CT molecular complexity index is 722. The highest BCUT2D eigenvalue weighted by Crippen LogP contribution is 2.40. The van der Waals surface area contributed by atoms with Crippen molar-refractivity contribution in [3.63, 3.8) is 0 Å². The number of rotatable bonds is 4. The van der Waals surface area contributed by atoms with Crippen LogP contribution in [0.2, 0.25) is 0 Å². The zero-order valence-corrected chi connectivity index (χ0v) is 12.1. The predicted octanol–water partition coefficient (Wildman–Crippen LogP) is 3.49. The number of amides is 1. The third-order valence-electron chi connectivity index (χ3n) is 3.41. The van der Waals surface area contributed by atoms with Crippen LogP contribution in [0.1, 0.15) is 40.4 Å². The summed E-state index contributed by atoms with van der Waals surface area (Å²) in [6, 6.07) is 4.44. The summed E-state index contributed by atoms with van der Waals surface area (Å²) in [5.74, 6) is 0.155. The van der Waals surface area contributed by atoms with E-state index in [0.717, 1.165) is 18.5 Å². The van der Waals surface area contributed by atoms with E-state index in [1.807, 2.05) is 5.38 Å². The van der Waals surface area contributed by atoms with Crippen LogP contribution in [-0.4, -0.2) is 15.8 Å². The van der Waals surface area contributed by atoms with Gasteiger partial charge in [0.05, 0.1) is 10.6 Å². The molecular formula is C14H13N3O3S. The Balaban J connectivity index is 1.77. The Morgan fingerprint density at radius 3 is 2.90 bits per heavy atom. The summed E-state index contributed by atoms with van der Waals surface area (Å²) >= 11 is 1.38. The van der Waals surface area contributed by atoms with E-state index < -0.39 is 4.92 Å². The lowest BCUT2D eigenvalue weighted by atomic mass is 10.1. The first-order valence-corrected chi connectivity index (χ1v) is 7.44. The molecule has 0 spiro atoms. The molecule has 3 rings (SSSR count). The highest BCUT2D eigenvalue weighted by molar-refractivity contribution is 7.14. The van der Waals surface area contributed by atoms with Crippen LogP contribution >= 0.6 is 11.3 Å². The van der Waals surface area contributed by atoms with Gasteiger partial charge in [0, 0.05) is 28.5 Å². The van der Waals surface area contributed by atoms with Gasteiger partial charge in [-0.2, -0.15) is 0 Å². The number of anilines is 1. The number of aryl methyl sites for hydroxylation is 1. The molecule has 6 nitrogen and oxygen atoms in total. The molecule has 0 radical (unpaired) electrons. The molecule has 0 bridgehead atoms. The number of nitrogens with zero attached hydrogens (tertiary/aromatic N) is 2. The number of benzene rings is 1. The van der Waals surface area contributed by atoms with Crippen LogP contribution < -0.4 is 5.32 Å². The molecule has 1 N–H and O–H groups in total. The van der Waals surface area contributed by atoms with E-state index >= 15 is 0 Å². The first-order chi connectivity index (χ1) is 10.0. The molecule has 1 heterocycles. The summed E-state index contributed by atoms with van der Waals surface area (Å²) in [6.45, 7) is 1.64. The fraction of sp³-hybridized carbons (Fsp3) is 0.286. The van der Waals surface area contributed by atoms with E-state index in [9.17, 15) is 14.9 Å². The number of thiazole rings is 1. The van der Waals surface area contributed by atoms with Crippen molar-refractivity contribution in [2.24, 2.45) is 0 Å². The maximum Gasteiger partial charge on any atom is 0.273 e. The van der Waals surface area contributed by atoms with Gasteiger partial charge < -0.3 is 0 Å². The average Bonchev–Trinajstić information content (AvgIpc) is 3.19. The van der Waals surface area contributed by atoms with Crippen LogP contribution in [0, 0.1) is 17.0 Å². The maximum atomic E-state index is 12.1. The van der Waals surface area contributed by atoms with Gasteiger partial charge >= 0.3 is 0 Å².